The Hall–Kier alpha value is -1.31. The lowest BCUT2D eigenvalue weighted by Crippen LogP contribution is -2.60. The first-order valence-corrected chi connectivity index (χ1v) is 7.01. The Kier molecular flexibility index (Phi) is 6.00. The van der Waals surface area contributed by atoms with Crippen LogP contribution in [0.5, 0.6) is 0 Å². The maximum atomic E-state index is 12.7. The molecule has 8 heteroatoms. The molecule has 1 rings (SSSR count). The number of rotatable bonds is 6. The number of hydrogen-bond donors (Lipinski definition) is 3. The fourth-order valence-corrected chi connectivity index (χ4v) is 2.27. The van der Waals surface area contributed by atoms with E-state index in [-0.39, 0.29) is 24.9 Å². The van der Waals surface area contributed by atoms with Gasteiger partial charge >= 0.3 is 12.1 Å². The van der Waals surface area contributed by atoms with Crippen LogP contribution < -0.4 is 10.6 Å². The van der Waals surface area contributed by atoms with Gasteiger partial charge in [0.1, 0.15) is 0 Å². The first kappa shape index (κ1) is 17.7. The van der Waals surface area contributed by atoms with E-state index in [1.54, 1.807) is 0 Å². The van der Waals surface area contributed by atoms with Crippen LogP contribution in [0.1, 0.15) is 45.4 Å². The average Bonchev–Trinajstić information content (AvgIpc) is 2.38. The maximum absolute atomic E-state index is 12.7. The second-order valence-electron chi connectivity index (χ2n) is 5.51. The Morgan fingerprint density at radius 2 is 1.76 bits per heavy atom. The van der Waals surface area contributed by atoms with Gasteiger partial charge in [0.05, 0.1) is 0 Å². The number of hydrogen-bond acceptors (Lipinski definition) is 3. The normalized spacial score (nSPS) is 19.8. The largest absolute Gasteiger partial charge is 0.480 e. The SMILES string of the molecule is CC(NCCC(=O)NC1CCCCC1)(C(=O)O)C(F)(F)F. The van der Waals surface area contributed by atoms with Gasteiger partial charge < -0.3 is 10.4 Å². The van der Waals surface area contributed by atoms with Crippen LogP contribution in [-0.2, 0) is 9.59 Å². The highest BCUT2D eigenvalue weighted by Gasteiger charge is 2.57. The number of carbonyl (C=O) groups is 2. The molecule has 0 aromatic carbocycles. The van der Waals surface area contributed by atoms with Crippen molar-refractivity contribution in [1.82, 2.24) is 10.6 Å². The molecule has 0 bridgehead atoms. The van der Waals surface area contributed by atoms with E-state index in [1.807, 2.05) is 5.32 Å². The van der Waals surface area contributed by atoms with E-state index >= 15 is 0 Å². The van der Waals surface area contributed by atoms with Crippen molar-refractivity contribution in [3.63, 3.8) is 0 Å². The molecule has 0 spiro atoms. The standard InChI is InChI=1S/C13H21F3N2O3/c1-12(11(20)21,13(14,15)16)17-8-7-10(19)18-9-5-3-2-4-6-9/h9,17H,2-8H2,1H3,(H,18,19)(H,20,21). The third-order valence-corrected chi connectivity index (χ3v) is 3.80. The van der Waals surface area contributed by atoms with Crippen molar-refractivity contribution in [3.8, 4) is 0 Å². The fraction of sp³-hybridized carbons (Fsp3) is 0.846. The van der Waals surface area contributed by atoms with Crippen LogP contribution in [0.25, 0.3) is 0 Å². The molecule has 3 N–H and O–H groups in total. The monoisotopic (exact) mass is 310 g/mol. The number of alkyl halides is 3. The number of nitrogens with one attached hydrogen (secondary N) is 2. The summed E-state index contributed by atoms with van der Waals surface area (Å²) in [4.78, 5) is 22.4. The van der Waals surface area contributed by atoms with Crippen molar-refractivity contribution in [1.29, 1.82) is 0 Å². The number of aliphatic carboxylic acids is 1. The molecule has 1 aliphatic rings. The summed E-state index contributed by atoms with van der Waals surface area (Å²) in [6.07, 6.45) is -0.142. The minimum absolute atomic E-state index is 0.0831. The van der Waals surface area contributed by atoms with Gasteiger partial charge in [0.25, 0.3) is 0 Å². The minimum atomic E-state index is -4.93. The van der Waals surface area contributed by atoms with Crippen molar-refractivity contribution in [2.45, 2.75) is 63.2 Å². The van der Waals surface area contributed by atoms with E-state index in [9.17, 15) is 22.8 Å². The second-order valence-corrected chi connectivity index (χ2v) is 5.51. The molecule has 0 radical (unpaired) electrons. The molecule has 1 unspecified atom stereocenters. The van der Waals surface area contributed by atoms with E-state index < -0.39 is 17.7 Å². The summed E-state index contributed by atoms with van der Waals surface area (Å²) in [6, 6.07) is 0.0831. The molecular weight excluding hydrogens is 289 g/mol. The first-order chi connectivity index (χ1) is 9.67. The summed E-state index contributed by atoms with van der Waals surface area (Å²) in [5.41, 5.74) is -3.04. The summed E-state index contributed by atoms with van der Waals surface area (Å²) >= 11 is 0. The summed E-state index contributed by atoms with van der Waals surface area (Å²) in [5, 5.41) is 13.4. The summed E-state index contributed by atoms with van der Waals surface area (Å²) in [6.45, 7) is 0.204. The molecule has 0 saturated heterocycles. The van der Waals surface area contributed by atoms with E-state index in [0.29, 0.717) is 6.92 Å². The van der Waals surface area contributed by atoms with Gasteiger partial charge in [-0.2, -0.15) is 13.2 Å². The van der Waals surface area contributed by atoms with Crippen molar-refractivity contribution < 1.29 is 27.9 Å². The van der Waals surface area contributed by atoms with Gasteiger partial charge in [-0.05, 0) is 19.8 Å². The number of carboxylic acid groups (broad SMARTS) is 1. The zero-order valence-corrected chi connectivity index (χ0v) is 11.9. The Bertz CT molecular complexity index is 381. The average molecular weight is 310 g/mol. The first-order valence-electron chi connectivity index (χ1n) is 7.01. The molecule has 122 valence electrons. The van der Waals surface area contributed by atoms with Crippen LogP contribution in [0.3, 0.4) is 0 Å². The molecular formula is C13H21F3N2O3. The van der Waals surface area contributed by atoms with Gasteiger partial charge in [0.15, 0.2) is 0 Å². The zero-order chi connectivity index (χ0) is 16.1. The van der Waals surface area contributed by atoms with E-state index in [1.165, 1.54) is 0 Å². The zero-order valence-electron chi connectivity index (χ0n) is 11.9. The molecule has 1 saturated carbocycles. The Balaban J connectivity index is 2.40. The minimum Gasteiger partial charge on any atom is -0.480 e. The van der Waals surface area contributed by atoms with Crippen molar-refractivity contribution in [2.75, 3.05) is 6.54 Å². The van der Waals surface area contributed by atoms with Gasteiger partial charge in [-0.3, -0.25) is 10.1 Å². The van der Waals surface area contributed by atoms with E-state index in [2.05, 4.69) is 5.32 Å². The number of carbonyl (C=O) groups excluding carboxylic acids is 1. The lowest BCUT2D eigenvalue weighted by atomic mass is 9.95. The van der Waals surface area contributed by atoms with Crippen molar-refractivity contribution in [2.24, 2.45) is 0 Å². The molecule has 0 heterocycles. The van der Waals surface area contributed by atoms with Crippen LogP contribution in [0.4, 0.5) is 13.2 Å². The number of amides is 1. The number of halogens is 3. The smallest absolute Gasteiger partial charge is 0.417 e. The quantitative estimate of drug-likeness (QED) is 0.699. The van der Waals surface area contributed by atoms with Crippen LogP contribution >= 0.6 is 0 Å². The van der Waals surface area contributed by atoms with E-state index in [0.717, 1.165) is 32.1 Å². The Labute approximate surface area is 121 Å². The summed E-state index contributed by atoms with van der Waals surface area (Å²) in [5.74, 6) is -2.37. The van der Waals surface area contributed by atoms with Crippen LogP contribution in [0, 0.1) is 0 Å². The summed E-state index contributed by atoms with van der Waals surface area (Å²) < 4.78 is 38.1. The molecule has 0 aromatic rings. The predicted octanol–water partition coefficient (Wildman–Crippen LogP) is 1.82. The van der Waals surface area contributed by atoms with Gasteiger partial charge in [-0.1, -0.05) is 19.3 Å². The maximum Gasteiger partial charge on any atom is 0.417 e. The summed E-state index contributed by atoms with van der Waals surface area (Å²) in [7, 11) is 0. The topological polar surface area (TPSA) is 78.4 Å². The highest BCUT2D eigenvalue weighted by Crippen LogP contribution is 2.30. The van der Waals surface area contributed by atoms with Crippen LogP contribution in [0.15, 0.2) is 0 Å². The Morgan fingerprint density at radius 3 is 2.24 bits per heavy atom. The Morgan fingerprint density at radius 1 is 1.19 bits per heavy atom. The van der Waals surface area contributed by atoms with Crippen molar-refractivity contribution in [3.05, 3.63) is 0 Å². The fourth-order valence-electron chi connectivity index (χ4n) is 2.27. The van der Waals surface area contributed by atoms with Gasteiger partial charge in [-0.25, -0.2) is 4.79 Å². The van der Waals surface area contributed by atoms with Gasteiger partial charge in [0.2, 0.25) is 11.4 Å². The molecule has 21 heavy (non-hydrogen) atoms. The highest BCUT2D eigenvalue weighted by atomic mass is 19.4. The number of carboxylic acids is 1. The molecule has 5 nitrogen and oxygen atoms in total. The molecule has 1 aliphatic carbocycles. The van der Waals surface area contributed by atoms with Crippen LogP contribution in [0.2, 0.25) is 0 Å². The highest BCUT2D eigenvalue weighted by molar-refractivity contribution is 5.80. The van der Waals surface area contributed by atoms with Crippen molar-refractivity contribution >= 4 is 11.9 Å². The third-order valence-electron chi connectivity index (χ3n) is 3.80. The third kappa shape index (κ3) is 4.87. The van der Waals surface area contributed by atoms with Gasteiger partial charge in [0, 0.05) is 19.0 Å². The van der Waals surface area contributed by atoms with Gasteiger partial charge in [-0.15, -0.1) is 0 Å². The lowest BCUT2D eigenvalue weighted by molar-refractivity contribution is -0.206. The predicted molar refractivity (Wildman–Crippen MR) is 69.7 cm³/mol. The molecule has 0 aliphatic heterocycles. The van der Waals surface area contributed by atoms with Crippen LogP contribution in [-0.4, -0.2) is 41.3 Å². The second kappa shape index (κ2) is 7.11. The molecule has 0 aromatic heterocycles. The molecule has 1 atom stereocenters. The molecule has 1 amide bonds. The lowest BCUT2D eigenvalue weighted by Gasteiger charge is -2.29. The molecule has 1 fully saturated rings. The van der Waals surface area contributed by atoms with E-state index in [4.69, 9.17) is 5.11 Å².